The van der Waals surface area contributed by atoms with Crippen LogP contribution in [0, 0.1) is 0 Å². The minimum atomic E-state index is -0.175. The van der Waals surface area contributed by atoms with Gasteiger partial charge in [0.05, 0.1) is 0 Å². The minimum Gasteiger partial charge on any atom is -0.343 e. The summed E-state index contributed by atoms with van der Waals surface area (Å²) >= 11 is 3.37. The Bertz CT molecular complexity index is 490. The normalized spacial score (nSPS) is 14.3. The van der Waals surface area contributed by atoms with Crippen molar-refractivity contribution in [3.63, 3.8) is 0 Å². The summed E-state index contributed by atoms with van der Waals surface area (Å²) in [5.74, 6) is 0.231. The number of urea groups is 1. The van der Waals surface area contributed by atoms with E-state index < -0.39 is 0 Å². The van der Waals surface area contributed by atoms with Crippen LogP contribution in [0.1, 0.15) is 24.8 Å². The zero-order valence-corrected chi connectivity index (χ0v) is 13.5. The monoisotopic (exact) mass is 353 g/mol. The van der Waals surface area contributed by atoms with Crippen LogP contribution in [0.5, 0.6) is 0 Å². The third-order valence-corrected chi connectivity index (χ3v) is 3.96. The lowest BCUT2D eigenvalue weighted by Gasteiger charge is -2.15. The highest BCUT2D eigenvalue weighted by Crippen LogP contribution is 2.10. The number of rotatable bonds is 6. The fraction of sp³-hybridized carbons (Fsp3) is 0.467. The molecule has 0 unspecified atom stereocenters. The summed E-state index contributed by atoms with van der Waals surface area (Å²) in [6.07, 6.45) is 2.42. The van der Waals surface area contributed by atoms with Gasteiger partial charge < -0.3 is 15.5 Å². The molecule has 0 aliphatic carbocycles. The topological polar surface area (TPSA) is 61.4 Å². The number of carbonyl (C=O) groups excluding carboxylic acids is 2. The maximum atomic E-state index is 11.6. The minimum absolute atomic E-state index is 0.175. The summed E-state index contributed by atoms with van der Waals surface area (Å²) in [6, 6.07) is 7.64. The molecule has 1 aliphatic heterocycles. The third kappa shape index (κ3) is 5.38. The number of carbonyl (C=O) groups is 2. The number of likely N-dealkylation sites (tertiary alicyclic amines) is 1. The predicted molar refractivity (Wildman–Crippen MR) is 84.8 cm³/mol. The zero-order valence-electron chi connectivity index (χ0n) is 11.9. The molecule has 0 atom stereocenters. The SMILES string of the molecule is O=C(NCCCN1CCCC1=O)NCc1ccc(Br)cc1. The average molecular weight is 354 g/mol. The number of amides is 3. The van der Waals surface area contributed by atoms with Crippen LogP contribution in [0.25, 0.3) is 0 Å². The van der Waals surface area contributed by atoms with E-state index in [4.69, 9.17) is 0 Å². The zero-order chi connectivity index (χ0) is 15.1. The lowest BCUT2D eigenvalue weighted by molar-refractivity contribution is -0.127. The fourth-order valence-electron chi connectivity index (χ4n) is 2.26. The van der Waals surface area contributed by atoms with Gasteiger partial charge in [0, 0.05) is 37.1 Å². The van der Waals surface area contributed by atoms with Crippen molar-refractivity contribution >= 4 is 27.9 Å². The van der Waals surface area contributed by atoms with Crippen molar-refractivity contribution in [1.82, 2.24) is 15.5 Å². The van der Waals surface area contributed by atoms with Crippen LogP contribution in [0.2, 0.25) is 0 Å². The van der Waals surface area contributed by atoms with Gasteiger partial charge in [0.25, 0.3) is 0 Å². The van der Waals surface area contributed by atoms with Gasteiger partial charge in [-0.3, -0.25) is 4.79 Å². The molecular formula is C15H20BrN3O2. The Morgan fingerprint density at radius 2 is 2.00 bits per heavy atom. The molecule has 0 aromatic heterocycles. The molecule has 0 bridgehead atoms. The number of hydrogen-bond acceptors (Lipinski definition) is 2. The standard InChI is InChI=1S/C15H20BrN3O2/c16-13-6-4-12(5-7-13)11-18-15(21)17-8-2-10-19-9-1-3-14(19)20/h4-7H,1-3,8-11H2,(H2,17,18,21). The van der Waals surface area contributed by atoms with E-state index in [1.54, 1.807) is 0 Å². The highest BCUT2D eigenvalue weighted by atomic mass is 79.9. The highest BCUT2D eigenvalue weighted by Gasteiger charge is 2.18. The molecule has 0 spiro atoms. The van der Waals surface area contributed by atoms with E-state index in [9.17, 15) is 9.59 Å². The van der Waals surface area contributed by atoms with E-state index in [1.165, 1.54) is 0 Å². The van der Waals surface area contributed by atoms with Crippen molar-refractivity contribution in [3.8, 4) is 0 Å². The molecule has 1 fully saturated rings. The average Bonchev–Trinajstić information content (AvgIpc) is 2.88. The number of halogens is 1. The van der Waals surface area contributed by atoms with Gasteiger partial charge in [-0.25, -0.2) is 4.79 Å². The Morgan fingerprint density at radius 3 is 2.67 bits per heavy atom. The number of nitrogens with zero attached hydrogens (tertiary/aromatic N) is 1. The molecule has 5 nitrogen and oxygen atoms in total. The van der Waals surface area contributed by atoms with Gasteiger partial charge in [-0.05, 0) is 30.5 Å². The van der Waals surface area contributed by atoms with Crippen LogP contribution >= 0.6 is 15.9 Å². The smallest absolute Gasteiger partial charge is 0.315 e. The number of benzene rings is 1. The van der Waals surface area contributed by atoms with E-state index in [0.717, 1.165) is 36.0 Å². The first kappa shape index (κ1) is 15.8. The molecule has 114 valence electrons. The van der Waals surface area contributed by atoms with Crippen LogP contribution < -0.4 is 10.6 Å². The lowest BCUT2D eigenvalue weighted by atomic mass is 10.2. The molecule has 0 saturated carbocycles. The largest absolute Gasteiger partial charge is 0.343 e. The maximum Gasteiger partial charge on any atom is 0.315 e. The molecule has 6 heteroatoms. The van der Waals surface area contributed by atoms with Crippen LogP contribution in [-0.2, 0) is 11.3 Å². The summed E-state index contributed by atoms with van der Waals surface area (Å²) < 4.78 is 1.02. The second kappa shape index (κ2) is 8.02. The molecule has 0 radical (unpaired) electrons. The number of nitrogens with one attached hydrogen (secondary N) is 2. The summed E-state index contributed by atoms with van der Waals surface area (Å²) in [5.41, 5.74) is 1.05. The second-order valence-corrected chi connectivity index (χ2v) is 5.99. The van der Waals surface area contributed by atoms with Gasteiger partial charge in [-0.1, -0.05) is 28.1 Å². The van der Waals surface area contributed by atoms with Crippen molar-refractivity contribution in [3.05, 3.63) is 34.3 Å². The first-order chi connectivity index (χ1) is 10.1. The molecule has 3 amide bonds. The third-order valence-electron chi connectivity index (χ3n) is 3.43. The fourth-order valence-corrected chi connectivity index (χ4v) is 2.52. The second-order valence-electron chi connectivity index (χ2n) is 5.07. The van der Waals surface area contributed by atoms with E-state index >= 15 is 0 Å². The quantitative estimate of drug-likeness (QED) is 0.770. The van der Waals surface area contributed by atoms with Crippen molar-refractivity contribution in [2.75, 3.05) is 19.6 Å². The highest BCUT2D eigenvalue weighted by molar-refractivity contribution is 9.10. The Balaban J connectivity index is 1.57. The molecule has 1 saturated heterocycles. The summed E-state index contributed by atoms with van der Waals surface area (Å²) in [5, 5.41) is 5.62. The Hall–Kier alpha value is -1.56. The van der Waals surface area contributed by atoms with Crippen LogP contribution in [-0.4, -0.2) is 36.5 Å². The first-order valence-corrected chi connectivity index (χ1v) is 7.98. The van der Waals surface area contributed by atoms with Crippen molar-refractivity contribution < 1.29 is 9.59 Å². The maximum absolute atomic E-state index is 11.6. The molecule has 21 heavy (non-hydrogen) atoms. The van der Waals surface area contributed by atoms with Gasteiger partial charge >= 0.3 is 6.03 Å². The molecule has 1 aromatic rings. The van der Waals surface area contributed by atoms with Gasteiger partial charge in [0.15, 0.2) is 0 Å². The van der Waals surface area contributed by atoms with Crippen molar-refractivity contribution in [2.45, 2.75) is 25.8 Å². The van der Waals surface area contributed by atoms with Crippen LogP contribution in [0.4, 0.5) is 4.79 Å². The van der Waals surface area contributed by atoms with E-state index in [1.807, 2.05) is 29.2 Å². The Kier molecular flexibility index (Phi) is 6.04. The van der Waals surface area contributed by atoms with E-state index in [2.05, 4.69) is 26.6 Å². The molecule has 1 heterocycles. The molecule has 2 rings (SSSR count). The Morgan fingerprint density at radius 1 is 1.24 bits per heavy atom. The first-order valence-electron chi connectivity index (χ1n) is 7.19. The molecule has 1 aromatic carbocycles. The van der Waals surface area contributed by atoms with Gasteiger partial charge in [0.2, 0.25) is 5.91 Å². The van der Waals surface area contributed by atoms with Crippen LogP contribution in [0.15, 0.2) is 28.7 Å². The van der Waals surface area contributed by atoms with Gasteiger partial charge in [0.1, 0.15) is 0 Å². The van der Waals surface area contributed by atoms with Crippen LogP contribution in [0.3, 0.4) is 0 Å². The van der Waals surface area contributed by atoms with Gasteiger partial charge in [-0.2, -0.15) is 0 Å². The van der Waals surface area contributed by atoms with Gasteiger partial charge in [-0.15, -0.1) is 0 Å². The summed E-state index contributed by atoms with van der Waals surface area (Å²) in [4.78, 5) is 24.9. The van der Waals surface area contributed by atoms with E-state index in [0.29, 0.717) is 19.5 Å². The molecule has 1 aliphatic rings. The summed E-state index contributed by atoms with van der Waals surface area (Å²) in [6.45, 7) is 2.67. The number of hydrogen-bond donors (Lipinski definition) is 2. The van der Waals surface area contributed by atoms with E-state index in [-0.39, 0.29) is 11.9 Å². The molecular weight excluding hydrogens is 334 g/mol. The summed E-state index contributed by atoms with van der Waals surface area (Å²) in [7, 11) is 0. The Labute approximate surface area is 133 Å². The van der Waals surface area contributed by atoms with Crippen molar-refractivity contribution in [2.24, 2.45) is 0 Å². The molecule has 2 N–H and O–H groups in total. The van der Waals surface area contributed by atoms with Crippen molar-refractivity contribution in [1.29, 1.82) is 0 Å². The predicted octanol–water partition coefficient (Wildman–Crippen LogP) is 2.26. The lowest BCUT2D eigenvalue weighted by Crippen LogP contribution is -2.37.